The fourth-order valence-corrected chi connectivity index (χ4v) is 2.51. The van der Waals surface area contributed by atoms with Crippen molar-refractivity contribution in [2.45, 2.75) is 26.3 Å². The van der Waals surface area contributed by atoms with Crippen LogP contribution in [0.4, 0.5) is 24.8 Å². The molecule has 3 rings (SSSR count). The first kappa shape index (κ1) is 17.7. The number of hydrogen-bond donors (Lipinski definition) is 2. The standard InChI is InChI=1S/C15H14F3N5O3/c1-8-19-14-21-13(25)9(7-23(14)22-8)6-12(24)20-10-2-4-11(5-3-10)26-15(16,17)18/h2-5,9H,6-7H2,1H3,(H,20,24)(H,19,21,22,25)/t9-/m1/s1. The minimum atomic E-state index is -4.78. The van der Waals surface area contributed by atoms with E-state index in [1.807, 2.05) is 0 Å². The largest absolute Gasteiger partial charge is 0.573 e. The molecule has 0 saturated carbocycles. The summed E-state index contributed by atoms with van der Waals surface area (Å²) in [7, 11) is 0. The summed E-state index contributed by atoms with van der Waals surface area (Å²) in [6.07, 6.45) is -4.89. The van der Waals surface area contributed by atoms with Gasteiger partial charge in [-0.1, -0.05) is 0 Å². The lowest BCUT2D eigenvalue weighted by Gasteiger charge is -2.21. The van der Waals surface area contributed by atoms with Crippen molar-refractivity contribution in [1.82, 2.24) is 14.8 Å². The highest BCUT2D eigenvalue weighted by atomic mass is 19.4. The number of halogens is 3. The fraction of sp³-hybridized carbons (Fsp3) is 0.333. The summed E-state index contributed by atoms with van der Waals surface area (Å²) < 4.78 is 41.6. The average molecular weight is 369 g/mol. The van der Waals surface area contributed by atoms with E-state index >= 15 is 0 Å². The number of ether oxygens (including phenoxy) is 1. The van der Waals surface area contributed by atoms with Gasteiger partial charge in [-0.2, -0.15) is 10.1 Å². The first-order valence-corrected chi connectivity index (χ1v) is 7.57. The molecule has 0 radical (unpaired) electrons. The zero-order valence-electron chi connectivity index (χ0n) is 13.5. The average Bonchev–Trinajstić information content (AvgIpc) is 2.87. The van der Waals surface area contributed by atoms with Crippen LogP contribution in [0.15, 0.2) is 24.3 Å². The Morgan fingerprint density at radius 3 is 2.73 bits per heavy atom. The Balaban J connectivity index is 1.58. The van der Waals surface area contributed by atoms with Gasteiger partial charge in [0.2, 0.25) is 17.8 Å². The smallest absolute Gasteiger partial charge is 0.406 e. The van der Waals surface area contributed by atoms with E-state index in [1.165, 1.54) is 16.8 Å². The minimum Gasteiger partial charge on any atom is -0.406 e. The highest BCUT2D eigenvalue weighted by Crippen LogP contribution is 2.24. The lowest BCUT2D eigenvalue weighted by molar-refractivity contribution is -0.274. The predicted molar refractivity (Wildman–Crippen MR) is 83.3 cm³/mol. The van der Waals surface area contributed by atoms with Gasteiger partial charge in [-0.15, -0.1) is 13.2 Å². The van der Waals surface area contributed by atoms with E-state index in [4.69, 9.17) is 0 Å². The van der Waals surface area contributed by atoms with E-state index in [9.17, 15) is 22.8 Å². The molecule has 11 heteroatoms. The van der Waals surface area contributed by atoms with Crippen molar-refractivity contribution >= 4 is 23.5 Å². The molecule has 1 aliphatic rings. The third-order valence-electron chi connectivity index (χ3n) is 3.58. The van der Waals surface area contributed by atoms with Crippen LogP contribution in [0.25, 0.3) is 0 Å². The first-order chi connectivity index (χ1) is 12.2. The molecule has 1 aromatic carbocycles. The zero-order chi connectivity index (χ0) is 18.9. The van der Waals surface area contributed by atoms with Gasteiger partial charge in [0.05, 0.1) is 12.5 Å². The normalized spacial score (nSPS) is 16.6. The summed E-state index contributed by atoms with van der Waals surface area (Å²) in [6, 6.07) is 4.72. The third kappa shape index (κ3) is 4.29. The van der Waals surface area contributed by atoms with Crippen LogP contribution in [-0.4, -0.2) is 32.9 Å². The van der Waals surface area contributed by atoms with Crippen LogP contribution in [-0.2, 0) is 16.1 Å². The topological polar surface area (TPSA) is 98.1 Å². The Morgan fingerprint density at radius 2 is 2.08 bits per heavy atom. The van der Waals surface area contributed by atoms with E-state index in [0.29, 0.717) is 11.8 Å². The quantitative estimate of drug-likeness (QED) is 0.860. The van der Waals surface area contributed by atoms with Gasteiger partial charge in [-0.3, -0.25) is 14.9 Å². The molecule has 138 valence electrons. The molecule has 2 N–H and O–H groups in total. The van der Waals surface area contributed by atoms with Gasteiger partial charge in [0.1, 0.15) is 11.6 Å². The molecule has 26 heavy (non-hydrogen) atoms. The maximum absolute atomic E-state index is 12.1. The molecule has 8 nitrogen and oxygen atoms in total. The van der Waals surface area contributed by atoms with Crippen LogP contribution in [0.3, 0.4) is 0 Å². The van der Waals surface area contributed by atoms with Gasteiger partial charge in [-0.25, -0.2) is 4.68 Å². The van der Waals surface area contributed by atoms with E-state index < -0.39 is 23.9 Å². The number of aryl methyl sites for hydroxylation is 1. The number of amides is 2. The van der Waals surface area contributed by atoms with E-state index in [-0.39, 0.29) is 24.6 Å². The molecule has 0 saturated heterocycles. The number of carbonyl (C=O) groups excluding carboxylic acids is 2. The maximum atomic E-state index is 12.1. The Kier molecular flexibility index (Phi) is 4.53. The van der Waals surface area contributed by atoms with E-state index in [0.717, 1.165) is 12.1 Å². The van der Waals surface area contributed by atoms with Crippen LogP contribution in [0.1, 0.15) is 12.2 Å². The van der Waals surface area contributed by atoms with Crippen LogP contribution >= 0.6 is 0 Å². The van der Waals surface area contributed by atoms with Crippen LogP contribution in [0.2, 0.25) is 0 Å². The van der Waals surface area contributed by atoms with Gasteiger partial charge in [0, 0.05) is 12.1 Å². The molecule has 1 atom stereocenters. The number of aromatic nitrogens is 3. The van der Waals surface area contributed by atoms with Crippen molar-refractivity contribution in [2.75, 3.05) is 10.6 Å². The highest BCUT2D eigenvalue weighted by Gasteiger charge is 2.31. The van der Waals surface area contributed by atoms with E-state index in [2.05, 4.69) is 25.5 Å². The Hall–Kier alpha value is -3.11. The number of alkyl halides is 3. The number of nitrogens with zero attached hydrogens (tertiary/aromatic N) is 3. The van der Waals surface area contributed by atoms with Crippen LogP contribution in [0, 0.1) is 12.8 Å². The molecule has 0 unspecified atom stereocenters. The van der Waals surface area contributed by atoms with Crippen molar-refractivity contribution in [1.29, 1.82) is 0 Å². The summed E-state index contributed by atoms with van der Waals surface area (Å²) in [4.78, 5) is 28.2. The summed E-state index contributed by atoms with van der Waals surface area (Å²) in [6.45, 7) is 1.90. The zero-order valence-corrected chi connectivity index (χ0v) is 13.5. The lowest BCUT2D eigenvalue weighted by atomic mass is 10.0. The number of rotatable bonds is 4. The maximum Gasteiger partial charge on any atom is 0.573 e. The molecule has 0 spiro atoms. The molecular weight excluding hydrogens is 355 g/mol. The molecule has 0 fully saturated rings. The summed E-state index contributed by atoms with van der Waals surface area (Å²) in [5.41, 5.74) is 0.290. The summed E-state index contributed by atoms with van der Waals surface area (Å²) in [5, 5.41) is 9.22. The van der Waals surface area contributed by atoms with Crippen molar-refractivity contribution in [3.05, 3.63) is 30.1 Å². The number of carbonyl (C=O) groups is 2. The number of nitrogens with one attached hydrogen (secondary N) is 2. The number of hydrogen-bond acceptors (Lipinski definition) is 5. The van der Waals surface area contributed by atoms with Gasteiger partial charge >= 0.3 is 6.36 Å². The molecular formula is C15H14F3N5O3. The second-order valence-electron chi connectivity index (χ2n) is 5.68. The lowest BCUT2D eigenvalue weighted by Crippen LogP contribution is -2.36. The monoisotopic (exact) mass is 369 g/mol. The van der Waals surface area contributed by atoms with Crippen molar-refractivity contribution in [3.63, 3.8) is 0 Å². The predicted octanol–water partition coefficient (Wildman–Crippen LogP) is 2.08. The molecule has 0 bridgehead atoms. The third-order valence-corrected chi connectivity index (χ3v) is 3.58. The summed E-state index contributed by atoms with van der Waals surface area (Å²) in [5.74, 6) is -0.965. The second kappa shape index (κ2) is 6.65. The number of anilines is 2. The fourth-order valence-electron chi connectivity index (χ4n) is 2.51. The number of fused-ring (bicyclic) bond motifs is 1. The van der Waals surface area contributed by atoms with Gasteiger partial charge in [0.15, 0.2) is 0 Å². The second-order valence-corrected chi connectivity index (χ2v) is 5.68. The molecule has 2 heterocycles. The van der Waals surface area contributed by atoms with Crippen molar-refractivity contribution < 1.29 is 27.5 Å². The van der Waals surface area contributed by atoms with Gasteiger partial charge in [-0.05, 0) is 31.2 Å². The Bertz CT molecular complexity index is 832. The molecule has 2 aromatic rings. The first-order valence-electron chi connectivity index (χ1n) is 7.57. The SMILES string of the molecule is Cc1nc2n(n1)C[C@@H](CC(=O)Nc1ccc(OC(F)(F)F)cc1)C(=O)N2. The Labute approximate surface area is 145 Å². The van der Waals surface area contributed by atoms with E-state index in [1.54, 1.807) is 6.92 Å². The molecule has 0 aliphatic carbocycles. The molecule has 1 aromatic heterocycles. The van der Waals surface area contributed by atoms with Crippen molar-refractivity contribution in [2.24, 2.45) is 5.92 Å². The highest BCUT2D eigenvalue weighted by molar-refractivity contribution is 5.98. The summed E-state index contributed by atoms with van der Waals surface area (Å²) >= 11 is 0. The Morgan fingerprint density at radius 1 is 1.38 bits per heavy atom. The van der Waals surface area contributed by atoms with Crippen molar-refractivity contribution in [3.8, 4) is 5.75 Å². The molecule has 1 aliphatic heterocycles. The van der Waals surface area contributed by atoms with Gasteiger partial charge in [0.25, 0.3) is 0 Å². The minimum absolute atomic E-state index is 0.106. The van der Waals surface area contributed by atoms with Crippen LogP contribution < -0.4 is 15.4 Å². The van der Waals surface area contributed by atoms with Gasteiger partial charge < -0.3 is 10.1 Å². The number of benzene rings is 1. The van der Waals surface area contributed by atoms with Crippen LogP contribution in [0.5, 0.6) is 5.75 Å². The molecule has 2 amide bonds.